The summed E-state index contributed by atoms with van der Waals surface area (Å²) in [5, 5.41) is 3.97. The molecule has 2 aromatic rings. The SMILES string of the molecule is Cn1nccc1C(N)c1ccc(F)c(F)c1. The van der Waals surface area contributed by atoms with E-state index in [-0.39, 0.29) is 0 Å². The smallest absolute Gasteiger partial charge is 0.159 e. The predicted molar refractivity (Wildman–Crippen MR) is 55.6 cm³/mol. The van der Waals surface area contributed by atoms with Gasteiger partial charge in [0.15, 0.2) is 11.6 Å². The third-order valence-corrected chi connectivity index (χ3v) is 2.48. The molecule has 0 fully saturated rings. The van der Waals surface area contributed by atoms with Crippen LogP contribution in [0.1, 0.15) is 17.3 Å². The number of aromatic nitrogens is 2. The highest BCUT2D eigenvalue weighted by atomic mass is 19.2. The number of rotatable bonds is 2. The minimum atomic E-state index is -0.893. The van der Waals surface area contributed by atoms with E-state index >= 15 is 0 Å². The number of nitrogens with two attached hydrogens (primary N) is 1. The quantitative estimate of drug-likeness (QED) is 0.842. The molecule has 1 aromatic carbocycles. The van der Waals surface area contributed by atoms with E-state index in [9.17, 15) is 8.78 Å². The number of benzene rings is 1. The minimum absolute atomic E-state index is 0.511. The average Bonchev–Trinajstić information content (AvgIpc) is 2.67. The summed E-state index contributed by atoms with van der Waals surface area (Å²) in [7, 11) is 1.75. The lowest BCUT2D eigenvalue weighted by Gasteiger charge is -2.12. The first kappa shape index (κ1) is 10.8. The maximum atomic E-state index is 13.0. The number of halogens is 2. The van der Waals surface area contributed by atoms with Gasteiger partial charge in [0.25, 0.3) is 0 Å². The van der Waals surface area contributed by atoms with E-state index in [2.05, 4.69) is 5.10 Å². The Labute approximate surface area is 91.5 Å². The van der Waals surface area contributed by atoms with Crippen LogP contribution in [0.2, 0.25) is 0 Å². The lowest BCUT2D eigenvalue weighted by atomic mass is 10.0. The highest BCUT2D eigenvalue weighted by Crippen LogP contribution is 2.20. The molecule has 84 valence electrons. The molecule has 0 amide bonds. The largest absolute Gasteiger partial charge is 0.319 e. The average molecular weight is 223 g/mol. The molecule has 2 N–H and O–H groups in total. The van der Waals surface area contributed by atoms with E-state index in [1.807, 2.05) is 0 Å². The molecule has 0 aliphatic rings. The minimum Gasteiger partial charge on any atom is -0.319 e. The van der Waals surface area contributed by atoms with Crippen LogP contribution in [0.5, 0.6) is 0 Å². The summed E-state index contributed by atoms with van der Waals surface area (Å²) in [4.78, 5) is 0. The fourth-order valence-corrected chi connectivity index (χ4v) is 1.57. The lowest BCUT2D eigenvalue weighted by molar-refractivity contribution is 0.505. The number of nitrogens with zero attached hydrogens (tertiary/aromatic N) is 2. The molecule has 3 nitrogen and oxygen atoms in total. The Morgan fingerprint density at radius 3 is 2.56 bits per heavy atom. The van der Waals surface area contributed by atoms with Gasteiger partial charge < -0.3 is 5.73 Å². The summed E-state index contributed by atoms with van der Waals surface area (Å²) in [5.41, 5.74) is 7.19. The van der Waals surface area contributed by atoms with E-state index < -0.39 is 17.7 Å². The Morgan fingerprint density at radius 1 is 1.25 bits per heavy atom. The van der Waals surface area contributed by atoms with Crippen molar-refractivity contribution in [1.29, 1.82) is 0 Å². The Balaban J connectivity index is 2.38. The van der Waals surface area contributed by atoms with Crippen LogP contribution in [-0.2, 0) is 7.05 Å². The van der Waals surface area contributed by atoms with Crippen molar-refractivity contribution in [3.05, 3.63) is 53.4 Å². The van der Waals surface area contributed by atoms with Gasteiger partial charge in [-0.2, -0.15) is 5.10 Å². The zero-order valence-corrected chi connectivity index (χ0v) is 8.69. The van der Waals surface area contributed by atoms with E-state index in [1.54, 1.807) is 24.0 Å². The van der Waals surface area contributed by atoms with Crippen molar-refractivity contribution in [2.75, 3.05) is 0 Å². The molecule has 0 aliphatic heterocycles. The van der Waals surface area contributed by atoms with Crippen molar-refractivity contribution in [3.63, 3.8) is 0 Å². The van der Waals surface area contributed by atoms with Gasteiger partial charge in [0.2, 0.25) is 0 Å². The first-order valence-corrected chi connectivity index (χ1v) is 4.78. The van der Waals surface area contributed by atoms with Crippen LogP contribution in [0.4, 0.5) is 8.78 Å². The van der Waals surface area contributed by atoms with Gasteiger partial charge in [0, 0.05) is 13.2 Å². The van der Waals surface area contributed by atoms with Crippen LogP contribution >= 0.6 is 0 Å². The monoisotopic (exact) mass is 223 g/mol. The van der Waals surface area contributed by atoms with Gasteiger partial charge in [-0.05, 0) is 23.8 Å². The first-order valence-electron chi connectivity index (χ1n) is 4.78. The van der Waals surface area contributed by atoms with E-state index in [1.165, 1.54) is 6.07 Å². The molecule has 1 unspecified atom stereocenters. The molecule has 0 saturated heterocycles. The van der Waals surface area contributed by atoms with Crippen LogP contribution in [0, 0.1) is 11.6 Å². The zero-order chi connectivity index (χ0) is 11.7. The molecule has 0 spiro atoms. The standard InChI is InChI=1S/C11H11F2N3/c1-16-10(4-5-15-16)11(14)7-2-3-8(12)9(13)6-7/h2-6,11H,14H2,1H3. The van der Waals surface area contributed by atoms with Crippen LogP contribution in [-0.4, -0.2) is 9.78 Å². The van der Waals surface area contributed by atoms with Gasteiger partial charge >= 0.3 is 0 Å². The maximum absolute atomic E-state index is 13.0. The van der Waals surface area contributed by atoms with Crippen molar-refractivity contribution < 1.29 is 8.78 Å². The van der Waals surface area contributed by atoms with E-state index in [4.69, 9.17) is 5.73 Å². The number of hydrogen-bond donors (Lipinski definition) is 1. The van der Waals surface area contributed by atoms with Gasteiger partial charge in [0.05, 0.1) is 11.7 Å². The Hall–Kier alpha value is -1.75. The predicted octanol–water partition coefficient (Wildman–Crippen LogP) is 1.75. The first-order chi connectivity index (χ1) is 7.59. The Morgan fingerprint density at radius 2 is 2.00 bits per heavy atom. The van der Waals surface area contributed by atoms with Gasteiger partial charge in [-0.3, -0.25) is 4.68 Å². The summed E-state index contributed by atoms with van der Waals surface area (Å²) in [5.74, 6) is -1.77. The van der Waals surface area contributed by atoms with Crippen molar-refractivity contribution >= 4 is 0 Å². The Kier molecular flexibility index (Phi) is 2.70. The molecular weight excluding hydrogens is 212 g/mol. The van der Waals surface area contributed by atoms with Crippen molar-refractivity contribution in [1.82, 2.24) is 9.78 Å². The number of hydrogen-bond acceptors (Lipinski definition) is 2. The molecule has 0 aliphatic carbocycles. The van der Waals surface area contributed by atoms with E-state index in [0.29, 0.717) is 5.56 Å². The molecule has 16 heavy (non-hydrogen) atoms. The summed E-state index contributed by atoms with van der Waals surface area (Å²) in [6.07, 6.45) is 1.61. The van der Waals surface area contributed by atoms with E-state index in [0.717, 1.165) is 17.8 Å². The van der Waals surface area contributed by atoms with Crippen LogP contribution in [0.3, 0.4) is 0 Å². The summed E-state index contributed by atoms with van der Waals surface area (Å²) < 4.78 is 27.4. The van der Waals surface area contributed by atoms with Gasteiger partial charge in [0.1, 0.15) is 0 Å². The van der Waals surface area contributed by atoms with Crippen molar-refractivity contribution in [3.8, 4) is 0 Å². The van der Waals surface area contributed by atoms with Gasteiger partial charge in [-0.1, -0.05) is 6.07 Å². The zero-order valence-electron chi connectivity index (χ0n) is 8.69. The van der Waals surface area contributed by atoms with Crippen molar-refractivity contribution in [2.24, 2.45) is 12.8 Å². The molecule has 2 rings (SSSR count). The van der Waals surface area contributed by atoms with Crippen LogP contribution in [0.25, 0.3) is 0 Å². The molecule has 1 heterocycles. The van der Waals surface area contributed by atoms with Gasteiger partial charge in [-0.25, -0.2) is 8.78 Å². The molecule has 1 atom stereocenters. The summed E-state index contributed by atoms with van der Waals surface area (Å²) in [6.45, 7) is 0. The van der Waals surface area contributed by atoms with Crippen LogP contribution in [0.15, 0.2) is 30.5 Å². The highest BCUT2D eigenvalue weighted by Gasteiger charge is 2.14. The molecular formula is C11H11F2N3. The second-order valence-corrected chi connectivity index (χ2v) is 3.53. The fourth-order valence-electron chi connectivity index (χ4n) is 1.57. The molecule has 1 aromatic heterocycles. The molecule has 0 bridgehead atoms. The molecule has 0 saturated carbocycles. The fraction of sp³-hybridized carbons (Fsp3) is 0.182. The normalized spacial score (nSPS) is 12.8. The molecule has 0 radical (unpaired) electrons. The summed E-state index contributed by atoms with van der Waals surface area (Å²) >= 11 is 0. The van der Waals surface area contributed by atoms with Gasteiger partial charge in [-0.15, -0.1) is 0 Å². The second-order valence-electron chi connectivity index (χ2n) is 3.53. The third-order valence-electron chi connectivity index (χ3n) is 2.48. The topological polar surface area (TPSA) is 43.8 Å². The Bertz CT molecular complexity index is 508. The summed E-state index contributed by atoms with van der Waals surface area (Å²) in [6, 6.07) is 4.87. The third kappa shape index (κ3) is 1.81. The molecule has 5 heteroatoms. The van der Waals surface area contributed by atoms with Crippen molar-refractivity contribution in [2.45, 2.75) is 6.04 Å². The lowest BCUT2D eigenvalue weighted by Crippen LogP contribution is -2.16. The number of aryl methyl sites for hydroxylation is 1. The van der Waals surface area contributed by atoms with Crippen LogP contribution < -0.4 is 5.73 Å². The second kappa shape index (κ2) is 4.02. The maximum Gasteiger partial charge on any atom is 0.159 e. The highest BCUT2D eigenvalue weighted by molar-refractivity contribution is 5.27.